The van der Waals surface area contributed by atoms with Gasteiger partial charge in [0.25, 0.3) is 0 Å². The van der Waals surface area contributed by atoms with Crippen LogP contribution in [-0.2, 0) is 9.53 Å². The average Bonchev–Trinajstić information content (AvgIpc) is 2.82. The molecule has 0 amide bonds. The maximum atomic E-state index is 12.1. The van der Waals surface area contributed by atoms with Crippen LogP contribution in [0.3, 0.4) is 0 Å². The average molecular weight is 322 g/mol. The molecule has 1 aliphatic heterocycles. The molecule has 6 heteroatoms. The van der Waals surface area contributed by atoms with Gasteiger partial charge in [0.15, 0.2) is 0 Å². The van der Waals surface area contributed by atoms with Crippen LogP contribution in [0.5, 0.6) is 0 Å². The highest BCUT2D eigenvalue weighted by Gasteiger charge is 2.39. The van der Waals surface area contributed by atoms with Crippen molar-refractivity contribution in [2.45, 2.75) is 18.5 Å². The third-order valence-corrected chi connectivity index (χ3v) is 3.93. The summed E-state index contributed by atoms with van der Waals surface area (Å²) in [6.07, 6.45) is 3.29. The number of carbonyl (C=O) groups is 1. The maximum absolute atomic E-state index is 12.1. The van der Waals surface area contributed by atoms with E-state index in [0.717, 1.165) is 11.3 Å². The molecule has 0 saturated heterocycles. The molecular formula is C18H18N4O2. The van der Waals surface area contributed by atoms with E-state index in [4.69, 9.17) is 15.5 Å². The summed E-state index contributed by atoms with van der Waals surface area (Å²) in [7, 11) is 1.30. The number of para-hydroxylation sites is 1. The second-order valence-corrected chi connectivity index (χ2v) is 5.71. The predicted molar refractivity (Wildman–Crippen MR) is 92.9 cm³/mol. The number of benzene rings is 1. The number of hydrogen-bond donors (Lipinski definition) is 1. The Morgan fingerprint density at radius 2 is 1.96 bits per heavy atom. The molecule has 0 bridgehead atoms. The molecule has 3 rings (SSSR count). The second-order valence-electron chi connectivity index (χ2n) is 5.71. The van der Waals surface area contributed by atoms with Gasteiger partial charge in [0.05, 0.1) is 24.2 Å². The third-order valence-electron chi connectivity index (χ3n) is 3.93. The quantitative estimate of drug-likeness (QED) is 0.874. The van der Waals surface area contributed by atoms with E-state index < -0.39 is 17.6 Å². The Labute approximate surface area is 140 Å². The van der Waals surface area contributed by atoms with Crippen molar-refractivity contribution in [1.29, 1.82) is 0 Å². The fourth-order valence-corrected chi connectivity index (χ4v) is 2.52. The van der Waals surface area contributed by atoms with Gasteiger partial charge in [-0.15, -0.1) is 0 Å². The van der Waals surface area contributed by atoms with Crippen molar-refractivity contribution >= 4 is 23.6 Å². The van der Waals surface area contributed by atoms with Gasteiger partial charge < -0.3 is 10.5 Å². The first-order chi connectivity index (χ1) is 11.5. The number of aliphatic imine (C=N–C) groups is 2. The fraction of sp³-hybridized carbons (Fsp3) is 0.222. The second kappa shape index (κ2) is 6.33. The lowest BCUT2D eigenvalue weighted by Crippen LogP contribution is -2.55. The van der Waals surface area contributed by atoms with Crippen molar-refractivity contribution < 1.29 is 9.53 Å². The number of rotatable bonds is 3. The molecule has 2 atom stereocenters. The van der Waals surface area contributed by atoms with E-state index in [2.05, 4.69) is 9.98 Å². The third kappa shape index (κ3) is 2.83. The van der Waals surface area contributed by atoms with Crippen molar-refractivity contribution in [2.75, 3.05) is 7.11 Å². The van der Waals surface area contributed by atoms with Crippen LogP contribution in [0.15, 0.2) is 58.6 Å². The lowest BCUT2D eigenvalue weighted by molar-refractivity contribution is -0.146. The highest BCUT2D eigenvalue weighted by Crippen LogP contribution is 2.26. The smallest absolute Gasteiger partial charge is 0.328 e. The van der Waals surface area contributed by atoms with Crippen LogP contribution < -0.4 is 5.73 Å². The standard InChI is InChI=1S/C18H18N4O2/c1-18(19,17(23)24-2)15-11-21-13-8-4-3-7-12(13)16(22-15)14-9-5-6-10-20-14/h3-11,15H,19H2,1-2H3. The Balaban J connectivity index is 2.17. The topological polar surface area (TPSA) is 89.9 Å². The van der Waals surface area contributed by atoms with Crippen molar-refractivity contribution in [1.82, 2.24) is 4.98 Å². The minimum Gasteiger partial charge on any atom is -0.468 e. The Bertz CT molecular complexity index is 813. The summed E-state index contributed by atoms with van der Waals surface area (Å²) < 4.78 is 4.82. The number of hydrogen-bond acceptors (Lipinski definition) is 6. The molecule has 1 aromatic carbocycles. The molecule has 1 aliphatic rings. The minimum atomic E-state index is -1.33. The summed E-state index contributed by atoms with van der Waals surface area (Å²) in [6, 6.07) is 12.5. The molecule has 2 N–H and O–H groups in total. The molecule has 1 aromatic heterocycles. The number of ether oxygens (including phenoxy) is 1. The van der Waals surface area contributed by atoms with Gasteiger partial charge in [-0.2, -0.15) is 0 Å². The first-order valence-corrected chi connectivity index (χ1v) is 7.54. The van der Waals surface area contributed by atoms with Crippen molar-refractivity contribution in [3.8, 4) is 0 Å². The van der Waals surface area contributed by atoms with E-state index in [-0.39, 0.29) is 0 Å². The van der Waals surface area contributed by atoms with Crippen molar-refractivity contribution in [3.05, 3.63) is 59.9 Å². The van der Waals surface area contributed by atoms with Crippen LogP contribution in [0.1, 0.15) is 18.2 Å². The van der Waals surface area contributed by atoms with Crippen LogP contribution >= 0.6 is 0 Å². The fourth-order valence-electron chi connectivity index (χ4n) is 2.52. The van der Waals surface area contributed by atoms with Gasteiger partial charge in [0.1, 0.15) is 11.6 Å². The number of nitrogens with two attached hydrogens (primary N) is 1. The van der Waals surface area contributed by atoms with Crippen LogP contribution in [0.25, 0.3) is 0 Å². The van der Waals surface area contributed by atoms with Crippen LogP contribution in [0, 0.1) is 0 Å². The summed E-state index contributed by atoms with van der Waals surface area (Å²) in [5.41, 5.74) is 7.80. The zero-order chi connectivity index (χ0) is 17.2. The summed E-state index contributed by atoms with van der Waals surface area (Å²) in [5, 5.41) is 0. The molecule has 2 unspecified atom stereocenters. The van der Waals surface area contributed by atoms with E-state index in [9.17, 15) is 4.79 Å². The first-order valence-electron chi connectivity index (χ1n) is 7.54. The molecule has 0 spiro atoms. The van der Waals surface area contributed by atoms with Gasteiger partial charge in [-0.05, 0) is 25.1 Å². The normalized spacial score (nSPS) is 18.8. The number of aromatic nitrogens is 1. The summed E-state index contributed by atoms with van der Waals surface area (Å²) in [5.74, 6) is -0.547. The Hall–Kier alpha value is -2.86. The molecular weight excluding hydrogens is 304 g/mol. The van der Waals surface area contributed by atoms with Gasteiger partial charge in [-0.25, -0.2) is 4.79 Å². The molecule has 122 valence electrons. The maximum Gasteiger partial charge on any atom is 0.328 e. The Morgan fingerprint density at radius 3 is 2.67 bits per heavy atom. The largest absolute Gasteiger partial charge is 0.468 e. The SMILES string of the molecule is COC(=O)C(C)(N)C1C=Nc2ccccc2C(c2ccccn2)=N1. The Morgan fingerprint density at radius 1 is 1.21 bits per heavy atom. The monoisotopic (exact) mass is 322 g/mol. The molecule has 2 aromatic rings. The number of methoxy groups -OCH3 is 1. The van der Waals surface area contributed by atoms with Gasteiger partial charge >= 0.3 is 5.97 Å². The number of esters is 1. The zero-order valence-corrected chi connectivity index (χ0v) is 13.5. The number of pyridine rings is 1. The first kappa shape index (κ1) is 16.0. The number of fused-ring (bicyclic) bond motifs is 1. The van der Waals surface area contributed by atoms with E-state index in [1.165, 1.54) is 7.11 Å². The van der Waals surface area contributed by atoms with Gasteiger partial charge in [0.2, 0.25) is 0 Å². The molecule has 0 fully saturated rings. The summed E-state index contributed by atoms with van der Waals surface area (Å²) in [4.78, 5) is 25.6. The van der Waals surface area contributed by atoms with Crippen LogP contribution in [-0.4, -0.2) is 41.6 Å². The van der Waals surface area contributed by atoms with E-state index in [1.807, 2.05) is 42.5 Å². The summed E-state index contributed by atoms with van der Waals surface area (Å²) in [6.45, 7) is 1.59. The van der Waals surface area contributed by atoms with E-state index >= 15 is 0 Å². The van der Waals surface area contributed by atoms with Crippen LogP contribution in [0.2, 0.25) is 0 Å². The molecule has 24 heavy (non-hydrogen) atoms. The molecule has 2 heterocycles. The molecule has 0 radical (unpaired) electrons. The lowest BCUT2D eigenvalue weighted by atomic mass is 9.94. The molecule has 0 saturated carbocycles. The molecule has 0 aliphatic carbocycles. The predicted octanol–water partition coefficient (Wildman–Crippen LogP) is 1.89. The van der Waals surface area contributed by atoms with Crippen molar-refractivity contribution in [2.24, 2.45) is 15.7 Å². The number of nitrogens with zero attached hydrogens (tertiary/aromatic N) is 3. The lowest BCUT2D eigenvalue weighted by Gasteiger charge is -2.25. The van der Waals surface area contributed by atoms with Gasteiger partial charge in [-0.3, -0.25) is 15.0 Å². The minimum absolute atomic E-state index is 0.547. The highest BCUT2D eigenvalue weighted by atomic mass is 16.5. The van der Waals surface area contributed by atoms with E-state index in [1.54, 1.807) is 19.3 Å². The highest BCUT2D eigenvalue weighted by molar-refractivity contribution is 6.16. The van der Waals surface area contributed by atoms with Gasteiger partial charge in [-0.1, -0.05) is 24.3 Å². The summed E-state index contributed by atoms with van der Waals surface area (Å²) >= 11 is 0. The van der Waals surface area contributed by atoms with Crippen molar-refractivity contribution in [3.63, 3.8) is 0 Å². The molecule has 6 nitrogen and oxygen atoms in total. The van der Waals surface area contributed by atoms with E-state index in [0.29, 0.717) is 11.4 Å². The van der Waals surface area contributed by atoms with Gasteiger partial charge in [0, 0.05) is 18.0 Å². The number of carbonyl (C=O) groups excluding carboxylic acids is 1. The van der Waals surface area contributed by atoms with Crippen LogP contribution in [0.4, 0.5) is 5.69 Å². The zero-order valence-electron chi connectivity index (χ0n) is 13.5. The Kier molecular flexibility index (Phi) is 4.22.